The van der Waals surface area contributed by atoms with E-state index in [-0.39, 0.29) is 29.7 Å². The van der Waals surface area contributed by atoms with Crippen LogP contribution in [0.1, 0.15) is 41.6 Å². The van der Waals surface area contributed by atoms with Gasteiger partial charge in [-0.3, -0.25) is 9.78 Å². The molecule has 2 N–H and O–H groups in total. The van der Waals surface area contributed by atoms with Crippen LogP contribution >= 0.6 is 11.6 Å². The molecule has 1 heterocycles. The largest absolute Gasteiger partial charge is 0.335 e. The molecule has 1 aliphatic rings. The zero-order chi connectivity index (χ0) is 21.8. The van der Waals surface area contributed by atoms with Crippen LogP contribution in [0.4, 0.5) is 0 Å². The number of aromatic nitrogens is 1. The van der Waals surface area contributed by atoms with E-state index < -0.39 is 9.84 Å². The molecule has 6 nitrogen and oxygen atoms in total. The van der Waals surface area contributed by atoms with Gasteiger partial charge in [0.1, 0.15) is 9.84 Å². The van der Waals surface area contributed by atoms with E-state index in [9.17, 15) is 13.2 Å². The summed E-state index contributed by atoms with van der Waals surface area (Å²) in [7, 11) is -3.19. The number of carbonyl (C=O) groups excluding carboxylic acids is 1. The zero-order valence-electron chi connectivity index (χ0n) is 17.1. The van der Waals surface area contributed by atoms with Gasteiger partial charge >= 0.3 is 0 Å². The average Bonchev–Trinajstić information content (AvgIpc) is 2.74. The summed E-state index contributed by atoms with van der Waals surface area (Å²) in [4.78, 5) is 18.9. The molecule has 162 valence electrons. The highest BCUT2D eigenvalue weighted by molar-refractivity contribution is 7.90. The number of nitrogens with zero attached hydrogens (tertiary/aromatic N) is 2. The summed E-state index contributed by atoms with van der Waals surface area (Å²) >= 11 is 6.20. The Morgan fingerprint density at radius 2 is 2.00 bits per heavy atom. The molecule has 0 aliphatic heterocycles. The van der Waals surface area contributed by atoms with Crippen LogP contribution in [-0.4, -0.2) is 55.3 Å². The van der Waals surface area contributed by atoms with Gasteiger partial charge in [0.25, 0.3) is 5.91 Å². The maximum atomic E-state index is 13.2. The molecule has 0 spiro atoms. The fraction of sp³-hybridized carbons (Fsp3) is 0.455. The molecular weight excluding hydrogens is 422 g/mol. The molecule has 1 aliphatic carbocycles. The van der Waals surface area contributed by atoms with Gasteiger partial charge in [-0.25, -0.2) is 8.42 Å². The van der Waals surface area contributed by atoms with E-state index in [1.54, 1.807) is 23.2 Å². The molecule has 0 bridgehead atoms. The Morgan fingerprint density at radius 1 is 1.27 bits per heavy atom. The minimum Gasteiger partial charge on any atom is -0.335 e. The standard InChI is InChI=1S/C22H28ClN3O3S/c1-30(28,29)13-12-26(21(27)17-4-3-11-25-15-17)20-7-9-22(16-24,10-8-20)18-5-2-6-19(23)14-18/h2-6,11,14-15,20H,7-10,12-13,16,24H2,1H3/t20-,22-. The minimum absolute atomic E-state index is 0.0432. The van der Waals surface area contributed by atoms with Crippen LogP contribution in [0.15, 0.2) is 48.8 Å². The van der Waals surface area contributed by atoms with E-state index >= 15 is 0 Å². The third-order valence-corrected chi connectivity index (χ3v) is 7.21. The number of hydrogen-bond donors (Lipinski definition) is 1. The van der Waals surface area contributed by atoms with Gasteiger partial charge in [0, 0.05) is 48.2 Å². The number of carbonyl (C=O) groups is 1. The number of pyridine rings is 1. The Bertz CT molecular complexity index is 974. The van der Waals surface area contributed by atoms with Crippen molar-refractivity contribution in [2.75, 3.05) is 25.1 Å². The first kappa shape index (κ1) is 22.7. The number of amides is 1. The molecule has 1 amide bonds. The Hall–Kier alpha value is -1.96. The summed E-state index contributed by atoms with van der Waals surface area (Å²) in [5, 5.41) is 0.684. The number of hydrogen-bond acceptors (Lipinski definition) is 5. The molecule has 1 fully saturated rings. The van der Waals surface area contributed by atoms with Crippen molar-refractivity contribution >= 4 is 27.3 Å². The molecule has 8 heteroatoms. The lowest BCUT2D eigenvalue weighted by Crippen LogP contribution is -2.48. The smallest absolute Gasteiger partial charge is 0.255 e. The van der Waals surface area contributed by atoms with Crippen molar-refractivity contribution in [3.63, 3.8) is 0 Å². The van der Waals surface area contributed by atoms with E-state index in [0.29, 0.717) is 17.1 Å². The van der Waals surface area contributed by atoms with Crippen molar-refractivity contribution in [2.45, 2.75) is 37.1 Å². The van der Waals surface area contributed by atoms with Gasteiger partial charge in [0.15, 0.2) is 0 Å². The molecule has 3 rings (SSSR count). The maximum Gasteiger partial charge on any atom is 0.255 e. The monoisotopic (exact) mass is 449 g/mol. The van der Waals surface area contributed by atoms with Gasteiger partial charge < -0.3 is 10.6 Å². The first-order chi connectivity index (χ1) is 14.2. The molecule has 1 aromatic carbocycles. The Kier molecular flexibility index (Phi) is 7.16. The molecule has 0 unspecified atom stereocenters. The van der Waals surface area contributed by atoms with Gasteiger partial charge in [-0.2, -0.15) is 0 Å². The highest BCUT2D eigenvalue weighted by Crippen LogP contribution is 2.41. The highest BCUT2D eigenvalue weighted by Gasteiger charge is 2.39. The SMILES string of the molecule is CS(=O)(=O)CCN(C(=O)c1cccnc1)[C@H]1CC[C@](CN)(c2cccc(Cl)c2)CC1. The predicted octanol–water partition coefficient (Wildman–Crippen LogP) is 3.06. The second-order valence-corrected chi connectivity index (χ2v) is 10.8. The number of benzene rings is 1. The molecular formula is C22H28ClN3O3S. The highest BCUT2D eigenvalue weighted by atomic mass is 35.5. The molecule has 1 saturated carbocycles. The summed E-state index contributed by atoms with van der Waals surface area (Å²) in [5.74, 6) is -0.244. The van der Waals surface area contributed by atoms with Crippen molar-refractivity contribution in [3.05, 3.63) is 64.9 Å². The van der Waals surface area contributed by atoms with E-state index in [1.165, 1.54) is 12.5 Å². The number of rotatable bonds is 7. The summed E-state index contributed by atoms with van der Waals surface area (Å²) in [6.07, 6.45) is 7.44. The topological polar surface area (TPSA) is 93.4 Å². The summed E-state index contributed by atoms with van der Waals surface area (Å²) in [5.41, 5.74) is 7.61. The second kappa shape index (κ2) is 9.45. The molecule has 0 radical (unpaired) electrons. The Labute approximate surface area is 183 Å². The van der Waals surface area contributed by atoms with Crippen LogP contribution in [-0.2, 0) is 15.3 Å². The molecule has 1 aromatic heterocycles. The summed E-state index contributed by atoms with van der Waals surface area (Å²) < 4.78 is 23.5. The molecule has 2 aromatic rings. The summed E-state index contributed by atoms with van der Waals surface area (Å²) in [6.45, 7) is 0.671. The van der Waals surface area contributed by atoms with Gasteiger partial charge in [-0.1, -0.05) is 23.7 Å². The fourth-order valence-electron chi connectivity index (χ4n) is 4.27. The third-order valence-electron chi connectivity index (χ3n) is 6.05. The van der Waals surface area contributed by atoms with Crippen LogP contribution in [0.3, 0.4) is 0 Å². The lowest BCUT2D eigenvalue weighted by molar-refractivity contribution is 0.0611. The fourth-order valence-corrected chi connectivity index (χ4v) is 4.98. The average molecular weight is 450 g/mol. The van der Waals surface area contributed by atoms with Crippen molar-refractivity contribution in [3.8, 4) is 0 Å². The lowest BCUT2D eigenvalue weighted by Gasteiger charge is -2.43. The van der Waals surface area contributed by atoms with Crippen LogP contribution in [0.2, 0.25) is 5.02 Å². The normalized spacial score (nSPS) is 21.9. The lowest BCUT2D eigenvalue weighted by atomic mass is 9.68. The van der Waals surface area contributed by atoms with Crippen LogP contribution < -0.4 is 5.73 Å². The Morgan fingerprint density at radius 3 is 2.57 bits per heavy atom. The first-order valence-corrected chi connectivity index (χ1v) is 12.5. The zero-order valence-corrected chi connectivity index (χ0v) is 18.7. The van der Waals surface area contributed by atoms with Crippen LogP contribution in [0.25, 0.3) is 0 Å². The van der Waals surface area contributed by atoms with Gasteiger partial charge in [0.05, 0.1) is 11.3 Å². The number of nitrogens with two attached hydrogens (primary N) is 1. The third kappa shape index (κ3) is 5.39. The first-order valence-electron chi connectivity index (χ1n) is 10.1. The number of sulfone groups is 1. The van der Waals surface area contributed by atoms with Crippen molar-refractivity contribution in [2.24, 2.45) is 5.73 Å². The summed E-state index contributed by atoms with van der Waals surface area (Å²) in [6, 6.07) is 11.2. The van der Waals surface area contributed by atoms with E-state index in [2.05, 4.69) is 11.1 Å². The van der Waals surface area contributed by atoms with E-state index in [4.69, 9.17) is 17.3 Å². The van der Waals surface area contributed by atoms with Gasteiger partial charge in [0.2, 0.25) is 0 Å². The van der Waals surface area contributed by atoms with Crippen molar-refractivity contribution < 1.29 is 13.2 Å². The quantitative estimate of drug-likeness (QED) is 0.701. The van der Waals surface area contributed by atoms with Crippen LogP contribution in [0, 0.1) is 0 Å². The minimum atomic E-state index is -3.19. The van der Waals surface area contributed by atoms with Crippen LogP contribution in [0.5, 0.6) is 0 Å². The van der Waals surface area contributed by atoms with Crippen molar-refractivity contribution in [1.29, 1.82) is 0 Å². The molecule has 30 heavy (non-hydrogen) atoms. The number of halogens is 1. The van der Waals surface area contributed by atoms with Gasteiger partial charge in [-0.05, 0) is 55.5 Å². The van der Waals surface area contributed by atoms with E-state index in [1.807, 2.05) is 18.2 Å². The van der Waals surface area contributed by atoms with E-state index in [0.717, 1.165) is 31.2 Å². The van der Waals surface area contributed by atoms with Crippen molar-refractivity contribution in [1.82, 2.24) is 9.88 Å². The maximum absolute atomic E-state index is 13.2. The predicted molar refractivity (Wildman–Crippen MR) is 119 cm³/mol. The van der Waals surface area contributed by atoms with Gasteiger partial charge in [-0.15, -0.1) is 0 Å². The Balaban J connectivity index is 1.81. The second-order valence-electron chi connectivity index (χ2n) is 8.10. The molecule has 0 saturated heterocycles. The molecule has 0 atom stereocenters.